The summed E-state index contributed by atoms with van der Waals surface area (Å²) in [5.41, 5.74) is 1.89. The van der Waals surface area contributed by atoms with Crippen LogP contribution in [0.4, 0.5) is 0 Å². The van der Waals surface area contributed by atoms with Crippen molar-refractivity contribution in [3.63, 3.8) is 0 Å². The summed E-state index contributed by atoms with van der Waals surface area (Å²) in [6.45, 7) is 0.471. The van der Waals surface area contributed by atoms with Crippen LogP contribution >= 0.6 is 12.6 Å². The predicted molar refractivity (Wildman–Crippen MR) is 104 cm³/mol. The van der Waals surface area contributed by atoms with Gasteiger partial charge >= 0.3 is 5.97 Å². The van der Waals surface area contributed by atoms with Gasteiger partial charge in [0.1, 0.15) is 18.4 Å². The van der Waals surface area contributed by atoms with E-state index in [0.717, 1.165) is 11.1 Å². The van der Waals surface area contributed by atoms with Gasteiger partial charge in [0.2, 0.25) is 5.91 Å². The lowest BCUT2D eigenvalue weighted by atomic mass is 10.1. The van der Waals surface area contributed by atoms with Crippen molar-refractivity contribution in [3.05, 3.63) is 65.7 Å². The summed E-state index contributed by atoms with van der Waals surface area (Å²) in [7, 11) is 0. The first kappa shape index (κ1) is 19.8. The average Bonchev–Trinajstić information content (AvgIpc) is 2.66. The highest BCUT2D eigenvalue weighted by Crippen LogP contribution is 2.15. The van der Waals surface area contributed by atoms with Gasteiger partial charge in [0.05, 0.1) is 0 Å². The molecule has 1 atom stereocenters. The van der Waals surface area contributed by atoms with Crippen LogP contribution in [0.25, 0.3) is 0 Å². The zero-order chi connectivity index (χ0) is 18.8. The summed E-state index contributed by atoms with van der Waals surface area (Å²) in [6, 6.07) is 16.1. The van der Waals surface area contributed by atoms with Gasteiger partial charge in [-0.1, -0.05) is 42.5 Å². The van der Waals surface area contributed by atoms with Crippen LogP contribution in [0.5, 0.6) is 5.75 Å². The smallest absolute Gasteiger partial charge is 0.326 e. The highest BCUT2D eigenvalue weighted by Gasteiger charge is 2.20. The van der Waals surface area contributed by atoms with Crippen LogP contribution in [-0.2, 0) is 22.6 Å². The first-order valence-corrected chi connectivity index (χ1v) is 9.10. The zero-order valence-electron chi connectivity index (χ0n) is 14.4. The number of carboxylic acids is 1. The summed E-state index contributed by atoms with van der Waals surface area (Å²) in [4.78, 5) is 23.1. The lowest BCUT2D eigenvalue weighted by Crippen LogP contribution is -2.42. The van der Waals surface area contributed by atoms with Crippen molar-refractivity contribution in [2.75, 3.05) is 5.75 Å². The predicted octanol–water partition coefficient (Wildman–Crippen LogP) is 3.09. The van der Waals surface area contributed by atoms with Gasteiger partial charge in [0.25, 0.3) is 0 Å². The Labute approximate surface area is 158 Å². The summed E-state index contributed by atoms with van der Waals surface area (Å²) < 4.78 is 5.72. The number of ether oxygens (including phenoxy) is 1. The Morgan fingerprint density at radius 3 is 2.35 bits per heavy atom. The molecular weight excluding hydrogens is 350 g/mol. The molecule has 0 aliphatic carbocycles. The number of thiol groups is 1. The molecule has 0 aromatic heterocycles. The second kappa shape index (κ2) is 10.5. The maximum Gasteiger partial charge on any atom is 0.326 e. The Balaban J connectivity index is 1.89. The standard InChI is InChI=1S/C20H23NO4S/c22-19(7-4-12-26)21-18(20(23)24)13-15-8-10-17(11-9-15)25-14-16-5-2-1-3-6-16/h1-3,5-6,8-11,18,26H,4,7,12-14H2,(H,21,22)(H,23,24)/t18-/m0/s1. The highest BCUT2D eigenvalue weighted by atomic mass is 32.1. The minimum absolute atomic E-state index is 0.223. The molecule has 2 aromatic carbocycles. The topological polar surface area (TPSA) is 75.6 Å². The second-order valence-corrected chi connectivity index (χ2v) is 6.36. The number of hydrogen-bond donors (Lipinski definition) is 3. The van der Waals surface area contributed by atoms with Crippen molar-refractivity contribution in [2.45, 2.75) is 31.9 Å². The Bertz CT molecular complexity index is 704. The lowest BCUT2D eigenvalue weighted by molar-refractivity contribution is -0.141. The monoisotopic (exact) mass is 373 g/mol. The Kier molecular flexibility index (Phi) is 8.02. The lowest BCUT2D eigenvalue weighted by Gasteiger charge is -2.15. The molecule has 138 valence electrons. The van der Waals surface area contributed by atoms with Crippen LogP contribution in [-0.4, -0.2) is 28.8 Å². The van der Waals surface area contributed by atoms with Crippen LogP contribution in [0.3, 0.4) is 0 Å². The molecule has 0 unspecified atom stereocenters. The maximum absolute atomic E-state index is 11.8. The fourth-order valence-electron chi connectivity index (χ4n) is 2.40. The van der Waals surface area contributed by atoms with Crippen LogP contribution < -0.4 is 10.1 Å². The minimum Gasteiger partial charge on any atom is -0.489 e. The van der Waals surface area contributed by atoms with E-state index in [4.69, 9.17) is 4.74 Å². The molecule has 2 N–H and O–H groups in total. The number of benzene rings is 2. The van der Waals surface area contributed by atoms with Crippen LogP contribution in [0, 0.1) is 0 Å². The molecular formula is C20H23NO4S. The van der Waals surface area contributed by atoms with Crippen LogP contribution in [0.15, 0.2) is 54.6 Å². The summed E-state index contributed by atoms with van der Waals surface area (Å²) in [5.74, 6) is -0.0135. The van der Waals surface area contributed by atoms with E-state index in [9.17, 15) is 14.7 Å². The van der Waals surface area contributed by atoms with E-state index in [-0.39, 0.29) is 18.7 Å². The first-order valence-electron chi connectivity index (χ1n) is 8.47. The van der Waals surface area contributed by atoms with E-state index < -0.39 is 12.0 Å². The molecule has 0 fully saturated rings. The van der Waals surface area contributed by atoms with Crippen molar-refractivity contribution in [1.82, 2.24) is 5.32 Å². The molecule has 0 heterocycles. The Hall–Kier alpha value is -2.47. The zero-order valence-corrected chi connectivity index (χ0v) is 15.3. The minimum atomic E-state index is -1.05. The summed E-state index contributed by atoms with van der Waals surface area (Å²) >= 11 is 4.05. The number of carbonyl (C=O) groups is 2. The number of carboxylic acid groups (broad SMARTS) is 1. The SMILES string of the molecule is O=C(CCCS)N[C@@H](Cc1ccc(OCc2ccccc2)cc1)C(=O)O. The number of rotatable bonds is 10. The number of aliphatic carboxylic acids is 1. The van der Waals surface area contributed by atoms with E-state index in [0.29, 0.717) is 24.5 Å². The van der Waals surface area contributed by atoms with E-state index in [1.807, 2.05) is 42.5 Å². The number of hydrogen-bond acceptors (Lipinski definition) is 4. The number of carbonyl (C=O) groups excluding carboxylic acids is 1. The van der Waals surface area contributed by atoms with Crippen molar-refractivity contribution in [2.24, 2.45) is 0 Å². The molecule has 1 amide bonds. The Morgan fingerprint density at radius 2 is 1.73 bits per heavy atom. The molecule has 0 aliphatic rings. The largest absolute Gasteiger partial charge is 0.489 e. The normalized spacial score (nSPS) is 11.6. The number of nitrogens with one attached hydrogen (secondary N) is 1. The van der Waals surface area contributed by atoms with Crippen LogP contribution in [0.1, 0.15) is 24.0 Å². The quantitative estimate of drug-likeness (QED) is 0.560. The molecule has 2 aromatic rings. The van der Waals surface area contributed by atoms with Gasteiger partial charge in [-0.05, 0) is 35.4 Å². The third-order valence-electron chi connectivity index (χ3n) is 3.81. The third kappa shape index (κ3) is 6.80. The van der Waals surface area contributed by atoms with Crippen molar-refractivity contribution in [1.29, 1.82) is 0 Å². The summed E-state index contributed by atoms with van der Waals surface area (Å²) in [5, 5.41) is 11.9. The molecule has 0 saturated carbocycles. The van der Waals surface area contributed by atoms with Gasteiger partial charge in [-0.2, -0.15) is 12.6 Å². The van der Waals surface area contributed by atoms with Crippen molar-refractivity contribution >= 4 is 24.5 Å². The Morgan fingerprint density at radius 1 is 1.04 bits per heavy atom. The number of amides is 1. The highest BCUT2D eigenvalue weighted by molar-refractivity contribution is 7.80. The average molecular weight is 373 g/mol. The molecule has 0 spiro atoms. The molecule has 5 nitrogen and oxygen atoms in total. The molecule has 0 aliphatic heterocycles. The van der Waals surface area contributed by atoms with E-state index in [1.165, 1.54) is 0 Å². The van der Waals surface area contributed by atoms with Crippen molar-refractivity contribution < 1.29 is 19.4 Å². The van der Waals surface area contributed by atoms with Crippen LogP contribution in [0.2, 0.25) is 0 Å². The van der Waals surface area contributed by atoms with E-state index in [1.54, 1.807) is 12.1 Å². The van der Waals surface area contributed by atoms with Gasteiger partial charge in [-0.25, -0.2) is 4.79 Å². The molecule has 0 radical (unpaired) electrons. The van der Waals surface area contributed by atoms with Gasteiger partial charge in [0.15, 0.2) is 0 Å². The second-order valence-electron chi connectivity index (χ2n) is 5.91. The molecule has 6 heteroatoms. The molecule has 0 saturated heterocycles. The van der Waals surface area contributed by atoms with Gasteiger partial charge in [-0.3, -0.25) is 4.79 Å². The molecule has 26 heavy (non-hydrogen) atoms. The van der Waals surface area contributed by atoms with Crippen molar-refractivity contribution in [3.8, 4) is 5.75 Å². The van der Waals surface area contributed by atoms with Gasteiger partial charge < -0.3 is 15.2 Å². The third-order valence-corrected chi connectivity index (χ3v) is 4.12. The fraction of sp³-hybridized carbons (Fsp3) is 0.300. The van der Waals surface area contributed by atoms with Gasteiger partial charge in [-0.15, -0.1) is 0 Å². The van der Waals surface area contributed by atoms with E-state index in [2.05, 4.69) is 17.9 Å². The molecule has 0 bridgehead atoms. The van der Waals surface area contributed by atoms with Gasteiger partial charge in [0, 0.05) is 12.8 Å². The fourth-order valence-corrected chi connectivity index (χ4v) is 2.56. The summed E-state index contributed by atoms with van der Waals surface area (Å²) in [6.07, 6.45) is 1.12. The first-order chi connectivity index (χ1) is 12.6. The maximum atomic E-state index is 11.8. The van der Waals surface area contributed by atoms with E-state index >= 15 is 0 Å². The molecule has 2 rings (SSSR count).